The van der Waals surface area contributed by atoms with Gasteiger partial charge in [-0.1, -0.05) is 18.2 Å². The normalized spacial score (nSPS) is 16.5. The SMILES string of the molecule is Cc1csc(CCCCN=C(N)NC2CCOc3ccccc32)n1.I. The highest BCUT2D eigenvalue weighted by Crippen LogP contribution is 2.31. The second-order valence-corrected chi connectivity index (χ2v) is 6.92. The van der Waals surface area contributed by atoms with Crippen LogP contribution in [0.4, 0.5) is 0 Å². The fraction of sp³-hybridized carbons (Fsp3) is 0.444. The van der Waals surface area contributed by atoms with Crippen LogP contribution in [0.3, 0.4) is 0 Å². The number of fused-ring (bicyclic) bond motifs is 1. The first-order valence-electron chi connectivity index (χ1n) is 8.41. The molecule has 136 valence electrons. The zero-order chi connectivity index (χ0) is 16.8. The third-order valence-electron chi connectivity index (χ3n) is 4.03. The van der Waals surface area contributed by atoms with Gasteiger partial charge in [-0.05, 0) is 32.3 Å². The zero-order valence-corrected chi connectivity index (χ0v) is 17.6. The molecule has 0 fully saturated rings. The molecule has 0 radical (unpaired) electrons. The van der Waals surface area contributed by atoms with E-state index < -0.39 is 0 Å². The van der Waals surface area contributed by atoms with Crippen LogP contribution in [0, 0.1) is 6.92 Å². The van der Waals surface area contributed by atoms with Gasteiger partial charge in [0.2, 0.25) is 0 Å². The number of hydrogen-bond donors (Lipinski definition) is 2. The van der Waals surface area contributed by atoms with E-state index >= 15 is 0 Å². The van der Waals surface area contributed by atoms with E-state index in [-0.39, 0.29) is 30.0 Å². The summed E-state index contributed by atoms with van der Waals surface area (Å²) in [5, 5.41) is 6.63. The minimum absolute atomic E-state index is 0. The van der Waals surface area contributed by atoms with Crippen molar-refractivity contribution in [2.24, 2.45) is 10.7 Å². The fourth-order valence-electron chi connectivity index (χ4n) is 2.82. The van der Waals surface area contributed by atoms with Crippen LogP contribution in [-0.4, -0.2) is 24.1 Å². The van der Waals surface area contributed by atoms with Crippen LogP contribution in [0.15, 0.2) is 34.6 Å². The molecule has 1 aromatic carbocycles. The van der Waals surface area contributed by atoms with E-state index in [4.69, 9.17) is 10.5 Å². The molecule has 2 aromatic rings. The number of nitrogens with one attached hydrogen (secondary N) is 1. The number of aliphatic imine (C=N–C) groups is 1. The number of ether oxygens (including phenoxy) is 1. The predicted octanol–water partition coefficient (Wildman–Crippen LogP) is 3.82. The Bertz CT molecular complexity index is 704. The van der Waals surface area contributed by atoms with E-state index in [1.807, 2.05) is 25.1 Å². The Morgan fingerprint density at radius 3 is 3.04 bits per heavy atom. The number of hydrogen-bond acceptors (Lipinski definition) is 4. The number of rotatable bonds is 6. The van der Waals surface area contributed by atoms with Gasteiger partial charge in [-0.15, -0.1) is 35.3 Å². The number of benzene rings is 1. The summed E-state index contributed by atoms with van der Waals surface area (Å²) in [5.74, 6) is 1.45. The largest absolute Gasteiger partial charge is 0.493 e. The topological polar surface area (TPSA) is 72.5 Å². The second kappa shape index (κ2) is 9.96. The monoisotopic (exact) mass is 472 g/mol. The zero-order valence-electron chi connectivity index (χ0n) is 14.4. The Morgan fingerprint density at radius 1 is 1.40 bits per heavy atom. The highest BCUT2D eigenvalue weighted by atomic mass is 127. The Morgan fingerprint density at radius 2 is 2.24 bits per heavy atom. The Hall–Kier alpha value is -1.35. The van der Waals surface area contributed by atoms with Crippen LogP contribution in [0.2, 0.25) is 0 Å². The quantitative estimate of drug-likeness (QED) is 0.290. The van der Waals surface area contributed by atoms with Gasteiger partial charge in [0.25, 0.3) is 0 Å². The van der Waals surface area contributed by atoms with Gasteiger partial charge < -0.3 is 15.8 Å². The molecule has 3 N–H and O–H groups in total. The van der Waals surface area contributed by atoms with Gasteiger partial charge in [0.05, 0.1) is 17.7 Å². The fourth-order valence-corrected chi connectivity index (χ4v) is 3.64. The summed E-state index contributed by atoms with van der Waals surface area (Å²) >= 11 is 1.73. The third-order valence-corrected chi connectivity index (χ3v) is 5.05. The van der Waals surface area contributed by atoms with Gasteiger partial charge in [-0.2, -0.15) is 0 Å². The first-order valence-corrected chi connectivity index (χ1v) is 9.29. The number of guanidine groups is 1. The van der Waals surface area contributed by atoms with Crippen molar-refractivity contribution in [2.45, 2.75) is 38.6 Å². The highest BCUT2D eigenvalue weighted by Gasteiger charge is 2.21. The summed E-state index contributed by atoms with van der Waals surface area (Å²) < 4.78 is 5.67. The number of aromatic nitrogens is 1. The van der Waals surface area contributed by atoms with Crippen LogP contribution in [0.5, 0.6) is 5.75 Å². The van der Waals surface area contributed by atoms with Crippen LogP contribution in [0.25, 0.3) is 0 Å². The maximum absolute atomic E-state index is 6.05. The Labute approximate surface area is 170 Å². The average Bonchev–Trinajstić information content (AvgIpc) is 3.00. The number of aryl methyl sites for hydroxylation is 2. The van der Waals surface area contributed by atoms with Gasteiger partial charge >= 0.3 is 0 Å². The van der Waals surface area contributed by atoms with Gasteiger partial charge in [-0.3, -0.25) is 4.99 Å². The van der Waals surface area contributed by atoms with E-state index in [0.717, 1.165) is 49.2 Å². The van der Waals surface area contributed by atoms with Crippen molar-refractivity contribution in [2.75, 3.05) is 13.2 Å². The standard InChI is InChI=1S/C18H24N4OS.HI/c1-13-12-24-17(21-13)8-4-5-10-20-18(19)22-15-9-11-23-16-7-3-2-6-14(15)16;/h2-3,6-7,12,15H,4-5,8-11H2,1H3,(H3,19,20,22);1H. The minimum atomic E-state index is 0. The summed E-state index contributed by atoms with van der Waals surface area (Å²) in [4.78, 5) is 8.93. The third kappa shape index (κ3) is 5.85. The van der Waals surface area contributed by atoms with Crippen LogP contribution < -0.4 is 15.8 Å². The molecule has 0 saturated carbocycles. The molecule has 1 atom stereocenters. The summed E-state index contributed by atoms with van der Waals surface area (Å²) in [7, 11) is 0. The van der Waals surface area contributed by atoms with Crippen LogP contribution in [-0.2, 0) is 6.42 Å². The number of nitrogens with zero attached hydrogens (tertiary/aromatic N) is 2. The van der Waals surface area contributed by atoms with Crippen LogP contribution >= 0.6 is 35.3 Å². The molecule has 0 spiro atoms. The van der Waals surface area contributed by atoms with Gasteiger partial charge in [0.15, 0.2) is 5.96 Å². The molecule has 0 saturated heterocycles. The number of para-hydroxylation sites is 1. The molecule has 1 aromatic heterocycles. The lowest BCUT2D eigenvalue weighted by molar-refractivity contribution is 0.262. The van der Waals surface area contributed by atoms with Crippen molar-refractivity contribution in [1.82, 2.24) is 10.3 Å². The first kappa shape index (κ1) is 20.0. The molecule has 2 heterocycles. The first-order chi connectivity index (χ1) is 11.7. The molecule has 1 unspecified atom stereocenters. The smallest absolute Gasteiger partial charge is 0.189 e. The molecular weight excluding hydrogens is 447 g/mol. The van der Waals surface area contributed by atoms with E-state index in [2.05, 4.69) is 26.7 Å². The molecule has 0 bridgehead atoms. The molecular formula is C18H25IN4OS. The molecule has 1 aliphatic rings. The number of thiazole rings is 1. The molecule has 5 nitrogen and oxygen atoms in total. The summed E-state index contributed by atoms with van der Waals surface area (Å²) in [6.07, 6.45) is 4.03. The molecule has 0 amide bonds. The molecule has 3 rings (SSSR count). The van der Waals surface area contributed by atoms with Crippen molar-refractivity contribution in [3.63, 3.8) is 0 Å². The summed E-state index contributed by atoms with van der Waals surface area (Å²) in [5.41, 5.74) is 8.31. The van der Waals surface area contributed by atoms with Crippen molar-refractivity contribution in [1.29, 1.82) is 0 Å². The lowest BCUT2D eigenvalue weighted by Crippen LogP contribution is -2.37. The number of unbranched alkanes of at least 4 members (excludes halogenated alkanes) is 1. The number of nitrogens with two attached hydrogens (primary N) is 1. The average molecular weight is 472 g/mol. The summed E-state index contributed by atoms with van der Waals surface area (Å²) in [6, 6.07) is 8.27. The van der Waals surface area contributed by atoms with Crippen molar-refractivity contribution in [3.8, 4) is 5.75 Å². The highest BCUT2D eigenvalue weighted by molar-refractivity contribution is 14.0. The van der Waals surface area contributed by atoms with E-state index in [0.29, 0.717) is 12.6 Å². The Kier molecular flexibility index (Phi) is 7.95. The van der Waals surface area contributed by atoms with Crippen molar-refractivity contribution < 1.29 is 4.74 Å². The van der Waals surface area contributed by atoms with Crippen molar-refractivity contribution >= 4 is 41.3 Å². The lowest BCUT2D eigenvalue weighted by atomic mass is 10.0. The van der Waals surface area contributed by atoms with E-state index in [1.54, 1.807) is 11.3 Å². The van der Waals surface area contributed by atoms with Gasteiger partial charge in [-0.25, -0.2) is 4.98 Å². The number of halogens is 1. The van der Waals surface area contributed by atoms with Gasteiger partial charge in [0.1, 0.15) is 5.75 Å². The molecule has 25 heavy (non-hydrogen) atoms. The molecule has 1 aliphatic heterocycles. The van der Waals surface area contributed by atoms with Gasteiger partial charge in [0, 0.05) is 29.6 Å². The van der Waals surface area contributed by atoms with E-state index in [9.17, 15) is 0 Å². The predicted molar refractivity (Wildman–Crippen MR) is 114 cm³/mol. The second-order valence-electron chi connectivity index (χ2n) is 5.98. The van der Waals surface area contributed by atoms with Crippen molar-refractivity contribution in [3.05, 3.63) is 45.9 Å². The van der Waals surface area contributed by atoms with Crippen LogP contribution in [0.1, 0.15) is 41.6 Å². The Balaban J connectivity index is 0.00000225. The summed E-state index contributed by atoms with van der Waals surface area (Å²) in [6.45, 7) is 3.48. The maximum atomic E-state index is 6.05. The van der Waals surface area contributed by atoms with E-state index in [1.165, 1.54) is 5.01 Å². The minimum Gasteiger partial charge on any atom is -0.493 e. The maximum Gasteiger partial charge on any atom is 0.189 e. The molecule has 7 heteroatoms. The lowest BCUT2D eigenvalue weighted by Gasteiger charge is -2.26. The molecule has 0 aliphatic carbocycles.